The van der Waals surface area contributed by atoms with Crippen LogP contribution in [-0.2, 0) is 11.2 Å². The van der Waals surface area contributed by atoms with Crippen LogP contribution in [0.25, 0.3) is 0 Å². The zero-order valence-corrected chi connectivity index (χ0v) is 13.5. The smallest absolute Gasteiger partial charge is 0.241 e. The molecule has 0 aliphatic rings. The number of thiophene rings is 1. The van der Waals surface area contributed by atoms with E-state index in [0.717, 1.165) is 17.5 Å². The highest BCUT2D eigenvalue weighted by molar-refractivity contribution is 7.11. The molecule has 0 bridgehead atoms. The third kappa shape index (κ3) is 4.41. The van der Waals surface area contributed by atoms with Gasteiger partial charge in [-0.15, -0.1) is 11.3 Å². The van der Waals surface area contributed by atoms with Crippen LogP contribution < -0.4 is 11.1 Å². The normalized spacial score (nSPS) is 13.7. The van der Waals surface area contributed by atoms with Gasteiger partial charge in [-0.25, -0.2) is 0 Å². The maximum Gasteiger partial charge on any atom is 0.241 e. The molecule has 0 radical (unpaired) electrons. The lowest BCUT2D eigenvalue weighted by Gasteiger charge is -2.17. The van der Waals surface area contributed by atoms with Crippen molar-refractivity contribution in [3.63, 3.8) is 0 Å². The van der Waals surface area contributed by atoms with E-state index in [2.05, 4.69) is 24.4 Å². The van der Waals surface area contributed by atoms with Gasteiger partial charge in [0, 0.05) is 22.2 Å². The summed E-state index contributed by atoms with van der Waals surface area (Å²) in [4.78, 5) is 14.8. The predicted octanol–water partition coefficient (Wildman–Crippen LogP) is 3.11. The van der Waals surface area contributed by atoms with E-state index in [1.165, 1.54) is 9.75 Å². The lowest BCUT2D eigenvalue weighted by Crippen LogP contribution is -2.40. The first kappa shape index (κ1) is 15.7. The summed E-state index contributed by atoms with van der Waals surface area (Å²) in [7, 11) is 0. The number of aryl methyl sites for hydroxylation is 2. The number of carbonyl (C=O) groups excluding carboxylic acids is 1. The zero-order valence-electron chi connectivity index (χ0n) is 12.7. The SMILES string of the molecule is Cc1ccc(C(N)C(=O)NC(C)Cc2ccc(C)s2)cc1. The molecule has 0 saturated heterocycles. The number of nitrogens with two attached hydrogens (primary N) is 1. The fourth-order valence-corrected chi connectivity index (χ4v) is 3.22. The van der Waals surface area contributed by atoms with Crippen LogP contribution in [0.2, 0.25) is 0 Å². The lowest BCUT2D eigenvalue weighted by atomic mass is 10.0. The molecule has 2 aromatic rings. The average molecular weight is 302 g/mol. The van der Waals surface area contributed by atoms with Crippen molar-refractivity contribution >= 4 is 17.2 Å². The molecule has 3 N–H and O–H groups in total. The van der Waals surface area contributed by atoms with Gasteiger partial charge in [-0.3, -0.25) is 4.79 Å². The summed E-state index contributed by atoms with van der Waals surface area (Å²) in [6, 6.07) is 11.4. The van der Waals surface area contributed by atoms with Crippen molar-refractivity contribution in [2.45, 2.75) is 39.3 Å². The van der Waals surface area contributed by atoms with Gasteiger partial charge < -0.3 is 11.1 Å². The maximum absolute atomic E-state index is 12.2. The van der Waals surface area contributed by atoms with E-state index < -0.39 is 6.04 Å². The van der Waals surface area contributed by atoms with E-state index in [9.17, 15) is 4.79 Å². The number of hydrogen-bond acceptors (Lipinski definition) is 3. The van der Waals surface area contributed by atoms with Crippen LogP contribution >= 0.6 is 11.3 Å². The average Bonchev–Trinajstić information content (AvgIpc) is 2.83. The second-order valence-corrected chi connectivity index (χ2v) is 6.89. The molecule has 3 nitrogen and oxygen atoms in total. The molecule has 112 valence electrons. The highest BCUT2D eigenvalue weighted by Crippen LogP contribution is 2.17. The Morgan fingerprint density at radius 1 is 1.19 bits per heavy atom. The molecule has 0 fully saturated rings. The highest BCUT2D eigenvalue weighted by atomic mass is 32.1. The summed E-state index contributed by atoms with van der Waals surface area (Å²) < 4.78 is 0. The Labute approximate surface area is 130 Å². The van der Waals surface area contributed by atoms with Crippen LogP contribution in [0, 0.1) is 13.8 Å². The van der Waals surface area contributed by atoms with Crippen molar-refractivity contribution in [1.29, 1.82) is 0 Å². The third-order valence-electron chi connectivity index (χ3n) is 3.41. The van der Waals surface area contributed by atoms with Gasteiger partial charge in [0.05, 0.1) is 0 Å². The maximum atomic E-state index is 12.2. The largest absolute Gasteiger partial charge is 0.352 e. The van der Waals surface area contributed by atoms with Gasteiger partial charge in [0.2, 0.25) is 5.91 Å². The Balaban J connectivity index is 1.92. The topological polar surface area (TPSA) is 55.1 Å². The van der Waals surface area contributed by atoms with Gasteiger partial charge in [0.15, 0.2) is 0 Å². The van der Waals surface area contributed by atoms with Crippen LogP contribution in [-0.4, -0.2) is 11.9 Å². The van der Waals surface area contributed by atoms with Gasteiger partial charge in [0.25, 0.3) is 0 Å². The summed E-state index contributed by atoms with van der Waals surface area (Å²) in [5, 5.41) is 2.99. The standard InChI is InChI=1S/C17H22N2OS/c1-11-4-7-14(8-5-11)16(18)17(20)19-12(2)10-15-9-6-13(3)21-15/h4-9,12,16H,10,18H2,1-3H3,(H,19,20). The second kappa shape index (κ2) is 6.87. The van der Waals surface area contributed by atoms with Crippen molar-refractivity contribution in [3.8, 4) is 0 Å². The lowest BCUT2D eigenvalue weighted by molar-refractivity contribution is -0.123. The molecule has 1 heterocycles. The molecule has 2 unspecified atom stereocenters. The summed E-state index contributed by atoms with van der Waals surface area (Å²) in [5.74, 6) is -0.125. The number of rotatable bonds is 5. The van der Waals surface area contributed by atoms with E-state index >= 15 is 0 Å². The third-order valence-corrected chi connectivity index (χ3v) is 4.43. The molecule has 1 amide bonds. The molecule has 2 atom stereocenters. The van der Waals surface area contributed by atoms with E-state index in [1.807, 2.05) is 38.1 Å². The number of carbonyl (C=O) groups is 1. The molecule has 0 aliphatic heterocycles. The van der Waals surface area contributed by atoms with E-state index in [-0.39, 0.29) is 11.9 Å². The fraction of sp³-hybridized carbons (Fsp3) is 0.353. The van der Waals surface area contributed by atoms with Crippen LogP contribution in [0.15, 0.2) is 36.4 Å². The van der Waals surface area contributed by atoms with Gasteiger partial charge in [-0.2, -0.15) is 0 Å². The first-order valence-electron chi connectivity index (χ1n) is 7.13. The summed E-state index contributed by atoms with van der Waals surface area (Å²) in [6.45, 7) is 6.11. The summed E-state index contributed by atoms with van der Waals surface area (Å²) in [5.41, 5.74) is 8.03. The monoisotopic (exact) mass is 302 g/mol. The molecule has 1 aromatic heterocycles. The van der Waals surface area contributed by atoms with E-state index in [4.69, 9.17) is 5.73 Å². The number of amides is 1. The minimum absolute atomic E-state index is 0.0760. The molecule has 21 heavy (non-hydrogen) atoms. The van der Waals surface area contributed by atoms with Gasteiger partial charge in [0.1, 0.15) is 6.04 Å². The Morgan fingerprint density at radius 2 is 1.86 bits per heavy atom. The Kier molecular flexibility index (Phi) is 5.15. The fourth-order valence-electron chi connectivity index (χ4n) is 2.21. The van der Waals surface area contributed by atoms with Crippen LogP contribution in [0.3, 0.4) is 0 Å². The Bertz CT molecular complexity index is 604. The minimum Gasteiger partial charge on any atom is -0.352 e. The van der Waals surface area contributed by atoms with E-state index in [0.29, 0.717) is 0 Å². The molecule has 0 aliphatic carbocycles. The number of benzene rings is 1. The number of nitrogens with one attached hydrogen (secondary N) is 1. The molecule has 0 spiro atoms. The molecule has 4 heteroatoms. The second-order valence-electron chi connectivity index (χ2n) is 5.51. The molecule has 2 rings (SSSR count). The van der Waals surface area contributed by atoms with Crippen LogP contribution in [0.1, 0.15) is 33.8 Å². The highest BCUT2D eigenvalue weighted by Gasteiger charge is 2.17. The quantitative estimate of drug-likeness (QED) is 0.891. The van der Waals surface area contributed by atoms with Gasteiger partial charge in [-0.1, -0.05) is 29.8 Å². The van der Waals surface area contributed by atoms with Crippen LogP contribution in [0.4, 0.5) is 0 Å². The number of hydrogen-bond donors (Lipinski definition) is 2. The van der Waals surface area contributed by atoms with Crippen molar-refractivity contribution in [3.05, 3.63) is 57.3 Å². The minimum atomic E-state index is -0.613. The molecular weight excluding hydrogens is 280 g/mol. The van der Waals surface area contributed by atoms with Crippen molar-refractivity contribution in [1.82, 2.24) is 5.32 Å². The first-order valence-corrected chi connectivity index (χ1v) is 7.95. The Morgan fingerprint density at radius 3 is 2.43 bits per heavy atom. The summed E-state index contributed by atoms with van der Waals surface area (Å²) >= 11 is 1.77. The van der Waals surface area contributed by atoms with Crippen LogP contribution in [0.5, 0.6) is 0 Å². The first-order chi connectivity index (χ1) is 9.95. The Hall–Kier alpha value is -1.65. The molecular formula is C17H22N2OS. The van der Waals surface area contributed by atoms with E-state index in [1.54, 1.807) is 11.3 Å². The zero-order chi connectivity index (χ0) is 15.4. The molecule has 1 aromatic carbocycles. The molecule has 0 saturated carbocycles. The van der Waals surface area contributed by atoms with Crippen molar-refractivity contribution < 1.29 is 4.79 Å². The van der Waals surface area contributed by atoms with Crippen molar-refractivity contribution in [2.24, 2.45) is 5.73 Å². The van der Waals surface area contributed by atoms with Crippen molar-refractivity contribution in [2.75, 3.05) is 0 Å². The van der Waals surface area contributed by atoms with Gasteiger partial charge >= 0.3 is 0 Å². The summed E-state index contributed by atoms with van der Waals surface area (Å²) in [6.07, 6.45) is 0.838. The predicted molar refractivity (Wildman–Crippen MR) is 88.5 cm³/mol. The van der Waals surface area contributed by atoms with Gasteiger partial charge in [-0.05, 0) is 38.5 Å².